The SMILES string of the molecule is Cc1cc(=O)oc2cc(NC(=S)NC(C)CCCC(C)C)ccc12. The molecule has 1 heterocycles. The summed E-state index contributed by atoms with van der Waals surface area (Å²) in [5.74, 6) is 0.734. The summed E-state index contributed by atoms with van der Waals surface area (Å²) in [6, 6.07) is 7.50. The molecule has 0 radical (unpaired) electrons. The molecule has 1 unspecified atom stereocenters. The van der Waals surface area contributed by atoms with E-state index in [-0.39, 0.29) is 5.63 Å². The Labute approximate surface area is 148 Å². The van der Waals surface area contributed by atoms with Crippen LogP contribution in [0.3, 0.4) is 0 Å². The van der Waals surface area contributed by atoms with Crippen molar-refractivity contribution in [2.45, 2.75) is 53.0 Å². The highest BCUT2D eigenvalue weighted by Crippen LogP contribution is 2.20. The van der Waals surface area contributed by atoms with E-state index < -0.39 is 0 Å². The van der Waals surface area contributed by atoms with Crippen molar-refractivity contribution in [1.29, 1.82) is 0 Å². The average molecular weight is 346 g/mol. The summed E-state index contributed by atoms with van der Waals surface area (Å²) in [5, 5.41) is 7.98. The number of nitrogens with one attached hydrogen (secondary N) is 2. The molecule has 2 N–H and O–H groups in total. The maximum Gasteiger partial charge on any atom is 0.336 e. The van der Waals surface area contributed by atoms with Crippen LogP contribution in [-0.2, 0) is 0 Å². The van der Waals surface area contributed by atoms with Crippen LogP contribution >= 0.6 is 12.2 Å². The lowest BCUT2D eigenvalue weighted by Crippen LogP contribution is -2.35. The minimum Gasteiger partial charge on any atom is -0.423 e. The van der Waals surface area contributed by atoms with Crippen molar-refractivity contribution in [3.63, 3.8) is 0 Å². The molecule has 2 aromatic rings. The van der Waals surface area contributed by atoms with Gasteiger partial charge in [0.1, 0.15) is 5.58 Å². The van der Waals surface area contributed by atoms with Crippen molar-refractivity contribution in [3.05, 3.63) is 40.2 Å². The summed E-state index contributed by atoms with van der Waals surface area (Å²) in [6.07, 6.45) is 3.51. The van der Waals surface area contributed by atoms with Gasteiger partial charge < -0.3 is 15.1 Å². The Morgan fingerprint density at radius 3 is 2.67 bits per heavy atom. The summed E-state index contributed by atoms with van der Waals surface area (Å²) >= 11 is 5.37. The molecule has 130 valence electrons. The predicted octanol–water partition coefficient (Wildman–Crippen LogP) is 4.60. The first kappa shape index (κ1) is 18.5. The summed E-state index contributed by atoms with van der Waals surface area (Å²) in [7, 11) is 0. The van der Waals surface area contributed by atoms with Gasteiger partial charge in [-0.2, -0.15) is 0 Å². The Bertz CT molecular complexity index is 768. The highest BCUT2D eigenvalue weighted by Gasteiger charge is 2.07. The number of rotatable bonds is 6. The summed E-state index contributed by atoms with van der Waals surface area (Å²) in [6.45, 7) is 8.52. The van der Waals surface area contributed by atoms with Crippen LogP contribution in [0.5, 0.6) is 0 Å². The van der Waals surface area contributed by atoms with Crippen LogP contribution in [-0.4, -0.2) is 11.2 Å². The molecule has 4 nitrogen and oxygen atoms in total. The quantitative estimate of drug-likeness (QED) is 0.591. The van der Waals surface area contributed by atoms with Crippen molar-refractivity contribution in [2.24, 2.45) is 5.92 Å². The van der Waals surface area contributed by atoms with E-state index in [1.54, 1.807) is 6.07 Å². The largest absolute Gasteiger partial charge is 0.423 e. The van der Waals surface area contributed by atoms with Crippen molar-refractivity contribution in [3.8, 4) is 0 Å². The molecule has 0 aliphatic rings. The van der Waals surface area contributed by atoms with Crippen molar-refractivity contribution in [1.82, 2.24) is 5.32 Å². The third kappa shape index (κ3) is 5.34. The van der Waals surface area contributed by atoms with Crippen LogP contribution < -0.4 is 16.3 Å². The number of hydrogen-bond acceptors (Lipinski definition) is 3. The van der Waals surface area contributed by atoms with Crippen LogP contribution in [0.1, 0.15) is 45.6 Å². The van der Waals surface area contributed by atoms with E-state index >= 15 is 0 Å². The Balaban J connectivity index is 1.96. The average Bonchev–Trinajstić information content (AvgIpc) is 2.45. The van der Waals surface area contributed by atoms with Gasteiger partial charge in [0.15, 0.2) is 5.11 Å². The zero-order chi connectivity index (χ0) is 17.7. The minimum absolute atomic E-state index is 0.324. The zero-order valence-corrected chi connectivity index (χ0v) is 15.6. The zero-order valence-electron chi connectivity index (χ0n) is 14.8. The van der Waals surface area contributed by atoms with Crippen LogP contribution in [0.25, 0.3) is 11.0 Å². The standard InChI is InChI=1S/C19H26N2O2S/c1-12(2)6-5-7-14(4)20-19(24)21-15-8-9-16-13(3)10-18(22)23-17(16)11-15/h8-12,14H,5-7H2,1-4H3,(H2,20,21,24). The normalized spacial score (nSPS) is 12.4. The molecule has 24 heavy (non-hydrogen) atoms. The number of anilines is 1. The molecule has 0 aliphatic carbocycles. The number of aryl methyl sites for hydroxylation is 1. The second-order valence-corrected chi connectivity index (χ2v) is 7.19. The van der Waals surface area contributed by atoms with E-state index in [1.165, 1.54) is 18.9 Å². The van der Waals surface area contributed by atoms with Gasteiger partial charge in [-0.05, 0) is 56.1 Å². The first-order valence-electron chi connectivity index (χ1n) is 8.47. The van der Waals surface area contributed by atoms with Crippen molar-refractivity contribution in [2.75, 3.05) is 5.32 Å². The molecule has 0 amide bonds. The monoisotopic (exact) mass is 346 g/mol. The van der Waals surface area contributed by atoms with Crippen LogP contribution in [0.15, 0.2) is 33.5 Å². The van der Waals surface area contributed by atoms with Crippen LogP contribution in [0, 0.1) is 12.8 Å². The number of fused-ring (bicyclic) bond motifs is 1. The Kier molecular flexibility index (Phi) is 6.37. The lowest BCUT2D eigenvalue weighted by atomic mass is 10.0. The molecular formula is C19H26N2O2S. The van der Waals surface area contributed by atoms with Gasteiger partial charge >= 0.3 is 5.63 Å². The van der Waals surface area contributed by atoms with Gasteiger partial charge in [-0.25, -0.2) is 4.79 Å². The number of hydrogen-bond donors (Lipinski definition) is 2. The third-order valence-corrected chi connectivity index (χ3v) is 4.23. The molecule has 1 atom stereocenters. The van der Waals surface area contributed by atoms with E-state index in [1.807, 2.05) is 19.1 Å². The number of thiocarbonyl (C=S) groups is 1. The minimum atomic E-state index is -0.336. The van der Waals surface area contributed by atoms with Crippen LogP contribution in [0.2, 0.25) is 0 Å². The van der Waals surface area contributed by atoms with Crippen LogP contribution in [0.4, 0.5) is 5.69 Å². The Hall–Kier alpha value is -1.88. The van der Waals surface area contributed by atoms with Gasteiger partial charge in [0.05, 0.1) is 0 Å². The molecule has 5 heteroatoms. The predicted molar refractivity (Wildman–Crippen MR) is 105 cm³/mol. The summed E-state index contributed by atoms with van der Waals surface area (Å²) in [5.41, 5.74) is 1.95. The highest BCUT2D eigenvalue weighted by atomic mass is 32.1. The molecular weight excluding hydrogens is 320 g/mol. The summed E-state index contributed by atoms with van der Waals surface area (Å²) in [4.78, 5) is 11.5. The van der Waals surface area contributed by atoms with Crippen molar-refractivity contribution < 1.29 is 4.42 Å². The Morgan fingerprint density at radius 2 is 1.96 bits per heavy atom. The molecule has 2 rings (SSSR count). The smallest absolute Gasteiger partial charge is 0.336 e. The number of benzene rings is 1. The lowest BCUT2D eigenvalue weighted by Gasteiger charge is -2.17. The molecule has 0 spiro atoms. The first-order valence-corrected chi connectivity index (χ1v) is 8.88. The second kappa shape index (κ2) is 8.29. The van der Waals surface area contributed by atoms with E-state index in [0.29, 0.717) is 16.7 Å². The molecule has 0 saturated carbocycles. The lowest BCUT2D eigenvalue weighted by molar-refractivity contribution is 0.495. The van der Waals surface area contributed by atoms with E-state index in [9.17, 15) is 4.79 Å². The Morgan fingerprint density at radius 1 is 1.21 bits per heavy atom. The fourth-order valence-electron chi connectivity index (χ4n) is 2.70. The topological polar surface area (TPSA) is 54.3 Å². The molecule has 1 aromatic carbocycles. The van der Waals surface area contributed by atoms with Gasteiger partial charge in [-0.3, -0.25) is 0 Å². The molecule has 0 fully saturated rings. The van der Waals surface area contributed by atoms with E-state index in [2.05, 4.69) is 31.4 Å². The van der Waals surface area contributed by atoms with Gasteiger partial charge in [-0.1, -0.05) is 26.7 Å². The van der Waals surface area contributed by atoms with E-state index in [4.69, 9.17) is 16.6 Å². The molecule has 0 bridgehead atoms. The third-order valence-electron chi connectivity index (χ3n) is 4.01. The molecule has 0 saturated heterocycles. The fourth-order valence-corrected chi connectivity index (χ4v) is 3.02. The van der Waals surface area contributed by atoms with Gasteiger partial charge in [0, 0.05) is 29.2 Å². The van der Waals surface area contributed by atoms with E-state index in [0.717, 1.165) is 29.0 Å². The molecule has 1 aromatic heterocycles. The van der Waals surface area contributed by atoms with Crippen molar-refractivity contribution >= 4 is 34.0 Å². The maximum absolute atomic E-state index is 11.5. The first-order chi connectivity index (χ1) is 11.3. The van der Waals surface area contributed by atoms with Gasteiger partial charge in [-0.15, -0.1) is 0 Å². The highest BCUT2D eigenvalue weighted by molar-refractivity contribution is 7.80. The van der Waals surface area contributed by atoms with Gasteiger partial charge in [0.2, 0.25) is 0 Å². The molecule has 0 aliphatic heterocycles. The summed E-state index contributed by atoms with van der Waals surface area (Å²) < 4.78 is 5.26. The fraction of sp³-hybridized carbons (Fsp3) is 0.474. The maximum atomic E-state index is 11.5. The van der Waals surface area contributed by atoms with Gasteiger partial charge in [0.25, 0.3) is 0 Å². The second-order valence-electron chi connectivity index (χ2n) is 6.78.